The first-order valence-electron chi connectivity index (χ1n) is 5.12. The van der Waals surface area contributed by atoms with Crippen molar-refractivity contribution in [1.82, 2.24) is 0 Å². The third kappa shape index (κ3) is 2.73. The lowest BCUT2D eigenvalue weighted by Gasteiger charge is -2.20. The molecule has 0 unspecified atom stereocenters. The topological polar surface area (TPSA) is 115 Å². The molecule has 0 spiro atoms. The van der Waals surface area contributed by atoms with Gasteiger partial charge in [0.05, 0.1) is 4.90 Å². The van der Waals surface area contributed by atoms with E-state index in [0.717, 1.165) is 11.6 Å². The van der Waals surface area contributed by atoms with Crippen LogP contribution >= 0.6 is 10.9 Å². The summed E-state index contributed by atoms with van der Waals surface area (Å²) in [5, 5.41) is 0.650. The first-order valence-corrected chi connectivity index (χ1v) is 8.06. The minimum Gasteiger partial charge on any atom is -0.304 e. The molecule has 0 amide bonds. The van der Waals surface area contributed by atoms with Gasteiger partial charge < -0.3 is 13.7 Å². The lowest BCUT2D eigenvalue weighted by Crippen LogP contribution is -2.01. The Balaban J connectivity index is 2.90. The molecular formula is C11H12O6S2. The molecule has 0 aliphatic carbocycles. The van der Waals surface area contributed by atoms with Gasteiger partial charge in [0, 0.05) is 5.39 Å². The normalized spacial score (nSPS) is 13.7. The first-order chi connectivity index (χ1) is 8.60. The number of aryl methyl sites for hydroxylation is 1. The molecule has 4 N–H and O–H groups in total. The van der Waals surface area contributed by atoms with Gasteiger partial charge in [-0.3, -0.25) is 4.55 Å². The zero-order valence-corrected chi connectivity index (χ0v) is 11.4. The van der Waals surface area contributed by atoms with Gasteiger partial charge in [0.2, 0.25) is 0 Å². The monoisotopic (exact) mass is 304 g/mol. The standard InChI is InChI=1S/C11H12O6S2/c1-7-2-5-11(19(15,16)17)10-6-8(18(12,13)14)3-4-9(7)10/h2-6,12-14H,1H3,(H,15,16,17). The summed E-state index contributed by atoms with van der Waals surface area (Å²) in [6.45, 7) is 1.74. The van der Waals surface area contributed by atoms with Crippen LogP contribution in [-0.4, -0.2) is 26.6 Å². The number of hydrogen-bond donors (Lipinski definition) is 4. The van der Waals surface area contributed by atoms with Gasteiger partial charge in [-0.2, -0.15) is 8.42 Å². The smallest absolute Gasteiger partial charge is 0.295 e. The zero-order chi connectivity index (χ0) is 14.4. The second-order valence-corrected chi connectivity index (χ2v) is 6.98. The van der Waals surface area contributed by atoms with Gasteiger partial charge in [0.25, 0.3) is 10.1 Å². The summed E-state index contributed by atoms with van der Waals surface area (Å²) < 4.78 is 59.3. The number of hydrogen-bond acceptors (Lipinski definition) is 5. The molecule has 0 aromatic heterocycles. The van der Waals surface area contributed by atoms with Gasteiger partial charge in [-0.25, -0.2) is 0 Å². The molecule has 0 fully saturated rings. The molecule has 2 rings (SSSR count). The Hall–Kier alpha value is -1.16. The molecule has 0 aliphatic rings. The summed E-state index contributed by atoms with van der Waals surface area (Å²) in [5.41, 5.74) is 0.753. The van der Waals surface area contributed by atoms with Crippen molar-refractivity contribution < 1.29 is 26.6 Å². The van der Waals surface area contributed by atoms with Crippen molar-refractivity contribution in [3.05, 3.63) is 35.9 Å². The van der Waals surface area contributed by atoms with Crippen LogP contribution in [0.3, 0.4) is 0 Å². The van der Waals surface area contributed by atoms with Crippen molar-refractivity contribution in [2.75, 3.05) is 0 Å². The van der Waals surface area contributed by atoms with E-state index in [1.807, 2.05) is 0 Å². The van der Waals surface area contributed by atoms with Crippen LogP contribution in [0.5, 0.6) is 0 Å². The highest BCUT2D eigenvalue weighted by atomic mass is 32.3. The Morgan fingerprint density at radius 1 is 0.895 bits per heavy atom. The van der Waals surface area contributed by atoms with E-state index in [1.54, 1.807) is 6.92 Å². The van der Waals surface area contributed by atoms with Crippen LogP contribution in [0.1, 0.15) is 5.56 Å². The quantitative estimate of drug-likeness (QED) is 0.634. The average Bonchev–Trinajstić information content (AvgIpc) is 2.26. The molecule has 2 aromatic carbocycles. The molecule has 0 saturated heterocycles. The summed E-state index contributed by atoms with van der Waals surface area (Å²) >= 11 is 0. The molecule has 0 saturated carbocycles. The summed E-state index contributed by atoms with van der Waals surface area (Å²) in [6, 6.07) is 6.64. The third-order valence-corrected chi connectivity index (χ3v) is 4.56. The van der Waals surface area contributed by atoms with Crippen LogP contribution in [0.15, 0.2) is 40.1 Å². The predicted molar refractivity (Wildman–Crippen MR) is 72.2 cm³/mol. The second kappa shape index (κ2) is 4.44. The van der Waals surface area contributed by atoms with Gasteiger partial charge in [-0.15, -0.1) is 0 Å². The van der Waals surface area contributed by atoms with Crippen molar-refractivity contribution in [3.8, 4) is 0 Å². The summed E-state index contributed by atoms with van der Waals surface area (Å²) in [4.78, 5) is -0.561. The molecule has 8 heteroatoms. The fraction of sp³-hybridized carbons (Fsp3) is 0.0909. The van der Waals surface area contributed by atoms with Gasteiger partial charge >= 0.3 is 0 Å². The van der Waals surface area contributed by atoms with E-state index < -0.39 is 21.0 Å². The number of fused-ring (bicyclic) bond motifs is 1. The fourth-order valence-corrected chi connectivity index (χ4v) is 3.06. The van der Waals surface area contributed by atoms with Crippen LogP contribution in [-0.2, 0) is 10.1 Å². The summed E-state index contributed by atoms with van der Waals surface area (Å²) in [5.74, 6) is 0. The Morgan fingerprint density at radius 2 is 1.53 bits per heavy atom. The molecule has 104 valence electrons. The van der Waals surface area contributed by atoms with Crippen molar-refractivity contribution in [1.29, 1.82) is 0 Å². The SMILES string of the molecule is Cc1ccc(S(=O)(=O)O)c2cc(S(O)(O)O)ccc12. The highest BCUT2D eigenvalue weighted by Gasteiger charge is 2.20. The zero-order valence-electron chi connectivity index (χ0n) is 9.81. The Morgan fingerprint density at radius 3 is 2.05 bits per heavy atom. The summed E-state index contributed by atoms with van der Waals surface area (Å²) in [7, 11) is -8.39. The van der Waals surface area contributed by atoms with Crippen molar-refractivity contribution in [2.45, 2.75) is 16.7 Å². The largest absolute Gasteiger partial charge is 0.304 e. The summed E-state index contributed by atoms with van der Waals surface area (Å²) in [6.07, 6.45) is 0. The second-order valence-electron chi connectivity index (χ2n) is 4.08. The number of benzene rings is 2. The maximum Gasteiger partial charge on any atom is 0.295 e. The van der Waals surface area contributed by atoms with Crippen LogP contribution in [0.2, 0.25) is 0 Å². The first kappa shape index (κ1) is 14.3. The minimum absolute atomic E-state index is 0.119. The van der Waals surface area contributed by atoms with Crippen LogP contribution in [0.25, 0.3) is 10.8 Å². The molecular weight excluding hydrogens is 292 g/mol. The van der Waals surface area contributed by atoms with Crippen LogP contribution in [0, 0.1) is 6.92 Å². The lowest BCUT2D eigenvalue weighted by molar-refractivity contribution is 0.376. The Bertz CT molecular complexity index is 746. The Kier molecular flexibility index (Phi) is 3.33. The van der Waals surface area contributed by atoms with E-state index in [2.05, 4.69) is 0 Å². The van der Waals surface area contributed by atoms with E-state index >= 15 is 0 Å². The fourth-order valence-electron chi connectivity index (χ4n) is 1.85. The molecule has 19 heavy (non-hydrogen) atoms. The van der Waals surface area contributed by atoms with Crippen molar-refractivity contribution in [2.24, 2.45) is 0 Å². The van der Waals surface area contributed by atoms with Gasteiger partial charge in [-0.1, -0.05) is 12.1 Å². The molecule has 0 heterocycles. The highest BCUT2D eigenvalue weighted by molar-refractivity contribution is 8.19. The van der Waals surface area contributed by atoms with Crippen LogP contribution < -0.4 is 0 Å². The van der Waals surface area contributed by atoms with E-state index in [4.69, 9.17) is 4.55 Å². The minimum atomic E-state index is -4.44. The molecule has 6 nitrogen and oxygen atoms in total. The number of rotatable bonds is 2. The van der Waals surface area contributed by atoms with Crippen molar-refractivity contribution >= 4 is 31.8 Å². The van der Waals surface area contributed by atoms with E-state index in [1.165, 1.54) is 24.3 Å². The maximum absolute atomic E-state index is 11.3. The predicted octanol–water partition coefficient (Wildman–Crippen LogP) is 2.98. The molecule has 0 bridgehead atoms. The highest BCUT2D eigenvalue weighted by Crippen LogP contribution is 2.45. The Labute approximate surface area is 111 Å². The van der Waals surface area contributed by atoms with E-state index in [9.17, 15) is 22.1 Å². The molecule has 0 atom stereocenters. The van der Waals surface area contributed by atoms with Crippen LogP contribution in [0.4, 0.5) is 0 Å². The van der Waals surface area contributed by atoms with Gasteiger partial charge in [0.15, 0.2) is 0 Å². The average molecular weight is 304 g/mol. The molecule has 0 radical (unpaired) electrons. The lowest BCUT2D eigenvalue weighted by atomic mass is 10.1. The molecule has 0 aliphatic heterocycles. The maximum atomic E-state index is 11.3. The third-order valence-electron chi connectivity index (χ3n) is 2.76. The van der Waals surface area contributed by atoms with E-state index in [-0.39, 0.29) is 15.2 Å². The van der Waals surface area contributed by atoms with E-state index in [0.29, 0.717) is 5.39 Å². The van der Waals surface area contributed by atoms with Crippen molar-refractivity contribution in [3.63, 3.8) is 0 Å². The van der Waals surface area contributed by atoms with Gasteiger partial charge in [0.1, 0.15) is 15.8 Å². The molecule has 2 aromatic rings. The van der Waals surface area contributed by atoms with Gasteiger partial charge in [-0.05, 0) is 36.1 Å².